The first-order valence-electron chi connectivity index (χ1n) is 13.1. The molecule has 1 aliphatic heterocycles. The first-order chi connectivity index (χ1) is 19.3. The zero-order valence-electron chi connectivity index (χ0n) is 22.0. The summed E-state index contributed by atoms with van der Waals surface area (Å²) in [6.07, 6.45) is -0.906. The van der Waals surface area contributed by atoms with Gasteiger partial charge < -0.3 is 15.0 Å². The Labute approximate surface area is 229 Å². The Morgan fingerprint density at radius 3 is 2.45 bits per heavy atom. The Balaban J connectivity index is 1.23. The number of carbonyl (C=O) groups is 1. The Kier molecular flexibility index (Phi) is 8.11. The van der Waals surface area contributed by atoms with Gasteiger partial charge in [-0.2, -0.15) is 13.2 Å². The van der Waals surface area contributed by atoms with Crippen molar-refractivity contribution >= 4 is 22.5 Å². The zero-order chi connectivity index (χ0) is 28.1. The number of carbonyl (C=O) groups excluding carboxylic acids is 1. The number of fused-ring (bicyclic) bond motifs is 1. The number of aromatic nitrogens is 3. The lowest BCUT2D eigenvalue weighted by atomic mass is 9.95. The number of rotatable bonds is 8. The van der Waals surface area contributed by atoms with Crippen LogP contribution in [0, 0.1) is 0 Å². The normalized spacial score (nSPS) is 14.3. The fraction of sp³-hybridized carbons (Fsp3) is 0.310. The van der Waals surface area contributed by atoms with Crippen molar-refractivity contribution < 1.29 is 22.7 Å². The van der Waals surface area contributed by atoms with Gasteiger partial charge in [-0.1, -0.05) is 36.4 Å². The van der Waals surface area contributed by atoms with Gasteiger partial charge in [0.05, 0.1) is 12.8 Å². The van der Waals surface area contributed by atoms with Crippen molar-refractivity contribution in [2.45, 2.75) is 19.6 Å². The third-order valence-electron chi connectivity index (χ3n) is 6.77. The second-order valence-electron chi connectivity index (χ2n) is 9.50. The largest absolute Gasteiger partial charge is 0.492 e. The molecule has 2 aromatic carbocycles. The van der Waals surface area contributed by atoms with E-state index < -0.39 is 18.6 Å². The highest BCUT2D eigenvalue weighted by Gasteiger charge is 2.28. The molecule has 8 nitrogen and oxygen atoms in total. The lowest BCUT2D eigenvalue weighted by Gasteiger charge is -2.35. The quantitative estimate of drug-likeness (QED) is 0.340. The average Bonchev–Trinajstić information content (AvgIpc) is 2.96. The Hall–Kier alpha value is -4.25. The summed E-state index contributed by atoms with van der Waals surface area (Å²) in [5.74, 6) is 0.428. The molecule has 2 aromatic heterocycles. The van der Waals surface area contributed by atoms with Crippen LogP contribution in [0.25, 0.3) is 21.9 Å². The number of benzene rings is 2. The first-order valence-corrected chi connectivity index (χ1v) is 13.1. The van der Waals surface area contributed by atoms with Crippen LogP contribution in [-0.2, 0) is 6.54 Å². The summed E-state index contributed by atoms with van der Waals surface area (Å²) in [4.78, 5) is 20.7. The summed E-state index contributed by atoms with van der Waals surface area (Å²) in [7, 11) is 0. The smallest absolute Gasteiger partial charge is 0.405 e. The minimum atomic E-state index is -4.48. The molecular formula is C29H29F3N6O2. The fourth-order valence-electron chi connectivity index (χ4n) is 4.82. The monoisotopic (exact) mass is 550 g/mol. The maximum atomic E-state index is 12.3. The fourth-order valence-corrected chi connectivity index (χ4v) is 4.82. The molecule has 4 aromatic rings. The van der Waals surface area contributed by atoms with Gasteiger partial charge in [0.25, 0.3) is 5.91 Å². The molecule has 208 valence electrons. The van der Waals surface area contributed by atoms with E-state index in [1.54, 1.807) is 17.6 Å². The molecule has 0 unspecified atom stereocenters. The van der Waals surface area contributed by atoms with Crippen LogP contribution in [0.3, 0.4) is 0 Å². The minimum absolute atomic E-state index is 0.151. The maximum absolute atomic E-state index is 12.3. The average molecular weight is 551 g/mol. The van der Waals surface area contributed by atoms with E-state index in [0.717, 1.165) is 41.9 Å². The Morgan fingerprint density at radius 1 is 0.975 bits per heavy atom. The van der Waals surface area contributed by atoms with Crippen molar-refractivity contribution in [2.75, 3.05) is 44.2 Å². The standard InChI is InChI=1S/C29H29F3N6O2/c1-2-40-22-15-21(16-33-17-22)24-8-7-20(23-5-3-4-6-25(23)24)18-37-11-13-38(14-12-37)27-10-9-26(35-36-27)28(39)34-19-29(30,31)32/h3-10,15-17H,2,11-14,18-19H2,1H3,(H,34,39). The summed E-state index contributed by atoms with van der Waals surface area (Å²) in [5.41, 5.74) is 3.19. The summed E-state index contributed by atoms with van der Waals surface area (Å²) in [6.45, 7) is 4.92. The molecule has 1 fully saturated rings. The van der Waals surface area contributed by atoms with Crippen LogP contribution in [0.1, 0.15) is 23.0 Å². The highest BCUT2D eigenvalue weighted by atomic mass is 19.4. The molecule has 1 aliphatic rings. The topological polar surface area (TPSA) is 83.5 Å². The molecule has 11 heteroatoms. The minimum Gasteiger partial charge on any atom is -0.492 e. The lowest BCUT2D eigenvalue weighted by molar-refractivity contribution is -0.123. The number of pyridine rings is 1. The number of amides is 1. The van der Waals surface area contributed by atoms with Crippen molar-refractivity contribution in [1.29, 1.82) is 0 Å². The predicted molar refractivity (Wildman–Crippen MR) is 146 cm³/mol. The van der Waals surface area contributed by atoms with Gasteiger partial charge in [-0.15, -0.1) is 10.2 Å². The molecule has 0 aliphatic carbocycles. The van der Waals surface area contributed by atoms with Gasteiger partial charge in [0.15, 0.2) is 11.5 Å². The van der Waals surface area contributed by atoms with Crippen molar-refractivity contribution in [3.8, 4) is 16.9 Å². The van der Waals surface area contributed by atoms with Gasteiger partial charge in [0.2, 0.25) is 0 Å². The van der Waals surface area contributed by atoms with Crippen LogP contribution in [0.2, 0.25) is 0 Å². The molecule has 1 amide bonds. The van der Waals surface area contributed by atoms with Crippen molar-refractivity contribution in [3.05, 3.63) is 78.2 Å². The molecular weight excluding hydrogens is 521 g/mol. The van der Waals surface area contributed by atoms with E-state index in [9.17, 15) is 18.0 Å². The van der Waals surface area contributed by atoms with Gasteiger partial charge in [-0.25, -0.2) is 0 Å². The summed E-state index contributed by atoms with van der Waals surface area (Å²) >= 11 is 0. The van der Waals surface area contributed by atoms with E-state index in [0.29, 0.717) is 25.5 Å². The number of ether oxygens (including phenoxy) is 1. The van der Waals surface area contributed by atoms with E-state index in [-0.39, 0.29) is 5.69 Å². The second-order valence-corrected chi connectivity index (χ2v) is 9.50. The third kappa shape index (κ3) is 6.48. The van der Waals surface area contributed by atoms with Crippen molar-refractivity contribution in [2.24, 2.45) is 0 Å². The summed E-state index contributed by atoms with van der Waals surface area (Å²) in [5, 5.41) is 12.1. The van der Waals surface area contributed by atoms with Crippen LogP contribution >= 0.6 is 0 Å². The van der Waals surface area contributed by atoms with E-state index in [2.05, 4.69) is 49.2 Å². The van der Waals surface area contributed by atoms with Crippen LogP contribution < -0.4 is 15.0 Å². The van der Waals surface area contributed by atoms with Gasteiger partial charge in [0.1, 0.15) is 12.3 Å². The van der Waals surface area contributed by atoms with E-state index in [4.69, 9.17) is 4.74 Å². The Morgan fingerprint density at radius 2 is 1.75 bits per heavy atom. The van der Waals surface area contributed by atoms with Crippen LogP contribution in [0.5, 0.6) is 5.75 Å². The molecule has 0 saturated carbocycles. The molecule has 0 bridgehead atoms. The highest BCUT2D eigenvalue weighted by molar-refractivity contribution is 5.98. The number of hydrogen-bond acceptors (Lipinski definition) is 7. The molecule has 5 rings (SSSR count). The van der Waals surface area contributed by atoms with E-state index in [1.165, 1.54) is 17.0 Å². The van der Waals surface area contributed by atoms with Crippen molar-refractivity contribution in [1.82, 2.24) is 25.4 Å². The lowest BCUT2D eigenvalue weighted by Crippen LogP contribution is -2.46. The van der Waals surface area contributed by atoms with E-state index >= 15 is 0 Å². The molecule has 3 heterocycles. The first kappa shape index (κ1) is 27.3. The number of nitrogens with one attached hydrogen (secondary N) is 1. The van der Waals surface area contributed by atoms with Gasteiger partial charge in [0, 0.05) is 44.5 Å². The summed E-state index contributed by atoms with van der Waals surface area (Å²) in [6, 6.07) is 17.7. The molecule has 40 heavy (non-hydrogen) atoms. The second kappa shape index (κ2) is 11.9. The van der Waals surface area contributed by atoms with Gasteiger partial charge >= 0.3 is 6.18 Å². The van der Waals surface area contributed by atoms with Gasteiger partial charge in [-0.05, 0) is 47.0 Å². The highest BCUT2D eigenvalue weighted by Crippen LogP contribution is 2.33. The number of hydrogen-bond donors (Lipinski definition) is 1. The van der Waals surface area contributed by atoms with Crippen molar-refractivity contribution in [3.63, 3.8) is 0 Å². The predicted octanol–water partition coefficient (Wildman–Crippen LogP) is 4.70. The van der Waals surface area contributed by atoms with Crippen LogP contribution in [0.4, 0.5) is 19.0 Å². The molecule has 0 spiro atoms. The maximum Gasteiger partial charge on any atom is 0.405 e. The van der Waals surface area contributed by atoms with Crippen LogP contribution in [0.15, 0.2) is 67.0 Å². The molecule has 1 N–H and O–H groups in total. The summed E-state index contributed by atoms with van der Waals surface area (Å²) < 4.78 is 42.7. The number of anilines is 1. The zero-order valence-corrected chi connectivity index (χ0v) is 22.0. The van der Waals surface area contributed by atoms with Gasteiger partial charge in [-0.3, -0.25) is 14.7 Å². The molecule has 0 atom stereocenters. The van der Waals surface area contributed by atoms with Crippen LogP contribution in [-0.4, -0.2) is 71.5 Å². The van der Waals surface area contributed by atoms with E-state index in [1.807, 2.05) is 31.3 Å². The number of alkyl halides is 3. The molecule has 1 saturated heterocycles. The number of halogens is 3. The Bertz CT molecular complexity index is 1470. The SMILES string of the molecule is CCOc1cncc(-c2ccc(CN3CCN(c4ccc(C(=O)NCC(F)(F)F)nn4)CC3)c3ccccc23)c1. The number of nitrogens with zero attached hydrogens (tertiary/aromatic N) is 5. The third-order valence-corrected chi connectivity index (χ3v) is 6.77. The molecule has 0 radical (unpaired) electrons. The number of piperazine rings is 1.